The van der Waals surface area contributed by atoms with Crippen molar-refractivity contribution >= 4 is 17.2 Å². The molecule has 1 aromatic heterocycles. The first-order chi connectivity index (χ1) is 8.24. The smallest absolute Gasteiger partial charge is 0.261 e. The first-order valence-corrected chi connectivity index (χ1v) is 6.85. The monoisotopic (exact) mass is 248 g/mol. The molecule has 1 saturated carbocycles. The largest absolute Gasteiger partial charge is 0.347 e. The zero-order chi connectivity index (χ0) is 12.3. The molecule has 0 spiro atoms. The van der Waals surface area contributed by atoms with E-state index in [-0.39, 0.29) is 17.9 Å². The highest BCUT2D eigenvalue weighted by Crippen LogP contribution is 2.25. The maximum absolute atomic E-state index is 12.0. The Kier molecular flexibility index (Phi) is 3.80. The predicted octanol–water partition coefficient (Wildman–Crippen LogP) is 2.73. The summed E-state index contributed by atoms with van der Waals surface area (Å²) in [5.41, 5.74) is 0. The van der Waals surface area contributed by atoms with Crippen molar-refractivity contribution in [3.63, 3.8) is 0 Å². The standard InChI is InChI=1S/C13H16N2OS/c1-2-10-6-7-12(17-10)13(16)15-11-5-3-4-9(11)8-14/h6-7,9,11H,2-5H2,1H3,(H,15,16). The van der Waals surface area contributed by atoms with E-state index in [2.05, 4.69) is 18.3 Å². The van der Waals surface area contributed by atoms with Crippen LogP contribution in [0, 0.1) is 17.2 Å². The molecule has 0 bridgehead atoms. The first-order valence-electron chi connectivity index (χ1n) is 6.03. The van der Waals surface area contributed by atoms with E-state index in [0.717, 1.165) is 30.6 Å². The Morgan fingerprint density at radius 1 is 1.59 bits per heavy atom. The maximum atomic E-state index is 12.0. The molecule has 2 rings (SSSR count). The Morgan fingerprint density at radius 3 is 3.06 bits per heavy atom. The molecule has 0 radical (unpaired) electrons. The van der Waals surface area contributed by atoms with Crippen molar-refractivity contribution in [1.82, 2.24) is 5.32 Å². The molecule has 1 fully saturated rings. The number of hydrogen-bond donors (Lipinski definition) is 1. The number of amides is 1. The van der Waals surface area contributed by atoms with Gasteiger partial charge in [-0.15, -0.1) is 11.3 Å². The van der Waals surface area contributed by atoms with Crippen LogP contribution < -0.4 is 5.32 Å². The lowest BCUT2D eigenvalue weighted by Crippen LogP contribution is -2.36. The quantitative estimate of drug-likeness (QED) is 0.894. The lowest BCUT2D eigenvalue weighted by atomic mass is 10.1. The summed E-state index contributed by atoms with van der Waals surface area (Å²) in [6.45, 7) is 2.08. The van der Waals surface area contributed by atoms with E-state index < -0.39 is 0 Å². The van der Waals surface area contributed by atoms with E-state index in [9.17, 15) is 4.79 Å². The fourth-order valence-corrected chi connectivity index (χ4v) is 3.07. The Bertz CT molecular complexity index is 447. The van der Waals surface area contributed by atoms with Crippen LogP contribution in [0.25, 0.3) is 0 Å². The Labute approximate surface area is 105 Å². The van der Waals surface area contributed by atoms with Crippen molar-refractivity contribution in [2.45, 2.75) is 38.6 Å². The summed E-state index contributed by atoms with van der Waals surface area (Å²) in [5, 5.41) is 11.9. The summed E-state index contributed by atoms with van der Waals surface area (Å²) in [6, 6.07) is 6.18. The topological polar surface area (TPSA) is 52.9 Å². The van der Waals surface area contributed by atoms with Gasteiger partial charge in [-0.05, 0) is 37.8 Å². The van der Waals surface area contributed by atoms with Crippen LogP contribution >= 0.6 is 11.3 Å². The second-order valence-corrected chi connectivity index (χ2v) is 5.53. The van der Waals surface area contributed by atoms with Gasteiger partial charge in [0.25, 0.3) is 5.91 Å². The van der Waals surface area contributed by atoms with Crippen LogP contribution in [0.15, 0.2) is 12.1 Å². The Balaban J connectivity index is 1.99. The van der Waals surface area contributed by atoms with Gasteiger partial charge < -0.3 is 5.32 Å². The molecule has 2 unspecified atom stereocenters. The number of carbonyl (C=O) groups is 1. The first kappa shape index (κ1) is 12.1. The molecule has 1 aliphatic rings. The summed E-state index contributed by atoms with van der Waals surface area (Å²) < 4.78 is 0. The SMILES string of the molecule is CCc1ccc(C(=O)NC2CCCC2C#N)s1. The Morgan fingerprint density at radius 2 is 2.41 bits per heavy atom. The minimum Gasteiger partial charge on any atom is -0.347 e. The van der Waals surface area contributed by atoms with Gasteiger partial charge >= 0.3 is 0 Å². The third kappa shape index (κ3) is 2.67. The van der Waals surface area contributed by atoms with Gasteiger partial charge in [-0.3, -0.25) is 4.79 Å². The summed E-state index contributed by atoms with van der Waals surface area (Å²) in [5.74, 6) is -0.0357. The zero-order valence-electron chi connectivity index (χ0n) is 9.90. The number of thiophene rings is 1. The molecule has 90 valence electrons. The van der Waals surface area contributed by atoms with Crippen LogP contribution in [0.4, 0.5) is 0 Å². The normalized spacial score (nSPS) is 23.3. The van der Waals surface area contributed by atoms with E-state index in [4.69, 9.17) is 5.26 Å². The van der Waals surface area contributed by atoms with Gasteiger partial charge in [-0.25, -0.2) is 0 Å². The Hall–Kier alpha value is -1.34. The molecule has 1 amide bonds. The molecule has 1 N–H and O–H groups in total. The molecule has 0 saturated heterocycles. The summed E-state index contributed by atoms with van der Waals surface area (Å²) in [6.07, 6.45) is 3.83. The van der Waals surface area contributed by atoms with Crippen LogP contribution in [0.1, 0.15) is 40.7 Å². The molecule has 17 heavy (non-hydrogen) atoms. The molecule has 0 aromatic carbocycles. The van der Waals surface area contributed by atoms with E-state index in [1.165, 1.54) is 16.2 Å². The number of rotatable bonds is 3. The fourth-order valence-electron chi connectivity index (χ4n) is 2.22. The van der Waals surface area contributed by atoms with Gasteiger partial charge in [0.05, 0.1) is 16.9 Å². The van der Waals surface area contributed by atoms with Crippen molar-refractivity contribution in [2.24, 2.45) is 5.92 Å². The minimum absolute atomic E-state index is 0.00967. The van der Waals surface area contributed by atoms with E-state index in [1.807, 2.05) is 12.1 Å². The van der Waals surface area contributed by atoms with Crippen molar-refractivity contribution in [3.05, 3.63) is 21.9 Å². The number of hydrogen-bond acceptors (Lipinski definition) is 3. The van der Waals surface area contributed by atoms with Crippen LogP contribution in [0.2, 0.25) is 0 Å². The van der Waals surface area contributed by atoms with E-state index in [0.29, 0.717) is 0 Å². The van der Waals surface area contributed by atoms with Gasteiger partial charge in [0.2, 0.25) is 0 Å². The maximum Gasteiger partial charge on any atom is 0.261 e. The number of nitrogens with one attached hydrogen (secondary N) is 1. The fraction of sp³-hybridized carbons (Fsp3) is 0.538. The average molecular weight is 248 g/mol. The number of carbonyl (C=O) groups excluding carboxylic acids is 1. The van der Waals surface area contributed by atoms with Crippen LogP contribution in [0.5, 0.6) is 0 Å². The van der Waals surface area contributed by atoms with Crippen LogP contribution in [-0.4, -0.2) is 11.9 Å². The molecule has 2 atom stereocenters. The molecule has 4 heteroatoms. The highest BCUT2D eigenvalue weighted by molar-refractivity contribution is 7.14. The lowest BCUT2D eigenvalue weighted by Gasteiger charge is -2.14. The predicted molar refractivity (Wildman–Crippen MR) is 67.9 cm³/mol. The molecule has 1 aliphatic carbocycles. The van der Waals surface area contributed by atoms with Crippen molar-refractivity contribution in [1.29, 1.82) is 5.26 Å². The molecular formula is C13H16N2OS. The van der Waals surface area contributed by atoms with Crippen LogP contribution in [0.3, 0.4) is 0 Å². The highest BCUT2D eigenvalue weighted by atomic mass is 32.1. The number of nitrogens with zero attached hydrogens (tertiary/aromatic N) is 1. The third-order valence-corrected chi connectivity index (χ3v) is 4.46. The van der Waals surface area contributed by atoms with Gasteiger partial charge in [-0.2, -0.15) is 5.26 Å². The minimum atomic E-state index is -0.0261. The summed E-state index contributed by atoms with van der Waals surface area (Å²) in [4.78, 5) is 14.0. The second-order valence-electron chi connectivity index (χ2n) is 4.37. The molecule has 3 nitrogen and oxygen atoms in total. The molecule has 1 aromatic rings. The summed E-state index contributed by atoms with van der Waals surface area (Å²) >= 11 is 1.54. The molecule has 1 heterocycles. The van der Waals surface area contributed by atoms with E-state index in [1.54, 1.807) is 0 Å². The van der Waals surface area contributed by atoms with Gasteiger partial charge in [-0.1, -0.05) is 6.92 Å². The molecule has 0 aliphatic heterocycles. The lowest BCUT2D eigenvalue weighted by molar-refractivity contribution is 0.0937. The zero-order valence-corrected chi connectivity index (χ0v) is 10.7. The van der Waals surface area contributed by atoms with Gasteiger partial charge in [0, 0.05) is 10.9 Å². The molecular weight excluding hydrogens is 232 g/mol. The summed E-state index contributed by atoms with van der Waals surface area (Å²) in [7, 11) is 0. The van der Waals surface area contributed by atoms with Crippen molar-refractivity contribution in [3.8, 4) is 6.07 Å². The van der Waals surface area contributed by atoms with Gasteiger partial charge in [0.15, 0.2) is 0 Å². The van der Waals surface area contributed by atoms with Crippen LogP contribution in [-0.2, 0) is 6.42 Å². The second kappa shape index (κ2) is 5.33. The van der Waals surface area contributed by atoms with Gasteiger partial charge in [0.1, 0.15) is 0 Å². The average Bonchev–Trinajstić information content (AvgIpc) is 2.96. The van der Waals surface area contributed by atoms with Crippen molar-refractivity contribution < 1.29 is 4.79 Å². The number of aryl methyl sites for hydroxylation is 1. The number of nitriles is 1. The van der Waals surface area contributed by atoms with Crippen molar-refractivity contribution in [2.75, 3.05) is 0 Å². The third-order valence-electron chi connectivity index (χ3n) is 3.23. The highest BCUT2D eigenvalue weighted by Gasteiger charge is 2.28. The van der Waals surface area contributed by atoms with E-state index >= 15 is 0 Å².